The maximum absolute atomic E-state index is 12.8. The van der Waals surface area contributed by atoms with Gasteiger partial charge < -0.3 is 0 Å². The van der Waals surface area contributed by atoms with E-state index in [0.29, 0.717) is 24.5 Å². The minimum absolute atomic E-state index is 0.273. The molecule has 1 atom stereocenters. The first kappa shape index (κ1) is 16.1. The first-order valence-corrected chi connectivity index (χ1v) is 9.45. The Kier molecular flexibility index (Phi) is 4.77. The summed E-state index contributed by atoms with van der Waals surface area (Å²) in [5.41, 5.74) is 1.15. The van der Waals surface area contributed by atoms with Crippen LogP contribution in [0.25, 0.3) is 0 Å². The summed E-state index contributed by atoms with van der Waals surface area (Å²) in [6, 6.07) is 7.22. The highest BCUT2D eigenvalue weighted by Gasteiger charge is 2.30. The highest BCUT2D eigenvalue weighted by molar-refractivity contribution is 7.89. The van der Waals surface area contributed by atoms with Gasteiger partial charge in [0.05, 0.1) is 4.90 Å². The van der Waals surface area contributed by atoms with Gasteiger partial charge in [-0.05, 0) is 42.9 Å². The second-order valence-electron chi connectivity index (χ2n) is 5.99. The Labute approximate surface area is 137 Å². The maximum atomic E-state index is 12.8. The molecule has 0 radical (unpaired) electrons. The van der Waals surface area contributed by atoms with Gasteiger partial charge in [-0.25, -0.2) is 13.4 Å². The molecule has 2 aromatic rings. The van der Waals surface area contributed by atoms with Crippen LogP contribution >= 0.6 is 0 Å². The van der Waals surface area contributed by atoms with E-state index in [1.165, 1.54) is 6.33 Å². The third-order valence-corrected chi connectivity index (χ3v) is 6.24. The molecule has 6 nitrogen and oxygen atoms in total. The number of nitrogens with zero attached hydrogens (tertiary/aromatic N) is 4. The van der Waals surface area contributed by atoms with E-state index in [9.17, 15) is 8.42 Å². The summed E-state index contributed by atoms with van der Waals surface area (Å²) >= 11 is 0. The Balaban J connectivity index is 1.73. The topological polar surface area (TPSA) is 68.1 Å². The first-order valence-electron chi connectivity index (χ1n) is 8.01. The minimum Gasteiger partial charge on any atom is -0.253 e. The molecule has 0 bridgehead atoms. The van der Waals surface area contributed by atoms with Crippen LogP contribution in [0.4, 0.5) is 0 Å². The fourth-order valence-electron chi connectivity index (χ4n) is 3.03. The van der Waals surface area contributed by atoms with Crippen molar-refractivity contribution >= 4 is 10.0 Å². The molecule has 0 saturated carbocycles. The molecule has 0 N–H and O–H groups in total. The van der Waals surface area contributed by atoms with Gasteiger partial charge in [-0.2, -0.15) is 9.40 Å². The maximum Gasteiger partial charge on any atom is 0.243 e. The zero-order valence-corrected chi connectivity index (χ0v) is 14.1. The molecule has 0 aliphatic carbocycles. The Morgan fingerprint density at radius 3 is 2.70 bits per heavy atom. The summed E-state index contributed by atoms with van der Waals surface area (Å²) < 4.78 is 29.0. The van der Waals surface area contributed by atoms with Crippen LogP contribution in [-0.2, 0) is 23.0 Å². The van der Waals surface area contributed by atoms with Crippen molar-refractivity contribution in [3.8, 4) is 0 Å². The predicted octanol–water partition coefficient (Wildman–Crippen LogP) is 1.94. The number of piperidine rings is 1. The van der Waals surface area contributed by atoms with Gasteiger partial charge in [-0.1, -0.05) is 19.1 Å². The van der Waals surface area contributed by atoms with Crippen molar-refractivity contribution in [3.63, 3.8) is 0 Å². The van der Waals surface area contributed by atoms with Crippen LogP contribution < -0.4 is 0 Å². The number of hydrogen-bond acceptors (Lipinski definition) is 4. The van der Waals surface area contributed by atoms with Crippen LogP contribution in [0, 0.1) is 5.92 Å². The molecular weight excluding hydrogens is 312 g/mol. The SMILES string of the molecule is CCc1ccc(S(=O)(=O)N2CCC[C@H](Cn3cncn3)C2)cc1. The zero-order chi connectivity index (χ0) is 16.3. The fourth-order valence-corrected chi connectivity index (χ4v) is 4.59. The average Bonchev–Trinajstić information content (AvgIpc) is 3.08. The smallest absolute Gasteiger partial charge is 0.243 e. The average molecular weight is 334 g/mol. The molecule has 1 aromatic carbocycles. The molecule has 1 fully saturated rings. The lowest BCUT2D eigenvalue weighted by Crippen LogP contribution is -2.41. The molecule has 1 aliphatic rings. The van der Waals surface area contributed by atoms with E-state index in [1.54, 1.807) is 27.4 Å². The van der Waals surface area contributed by atoms with E-state index in [2.05, 4.69) is 17.0 Å². The van der Waals surface area contributed by atoms with E-state index in [-0.39, 0.29) is 5.92 Å². The van der Waals surface area contributed by atoms with E-state index >= 15 is 0 Å². The molecule has 124 valence electrons. The Morgan fingerprint density at radius 2 is 2.04 bits per heavy atom. The third kappa shape index (κ3) is 3.61. The van der Waals surface area contributed by atoms with E-state index in [4.69, 9.17) is 0 Å². The molecule has 23 heavy (non-hydrogen) atoms. The number of hydrogen-bond donors (Lipinski definition) is 0. The van der Waals surface area contributed by atoms with Crippen LogP contribution in [-0.4, -0.2) is 40.6 Å². The number of aromatic nitrogens is 3. The molecule has 0 amide bonds. The van der Waals surface area contributed by atoms with Crippen molar-refractivity contribution in [3.05, 3.63) is 42.5 Å². The first-order chi connectivity index (χ1) is 11.1. The molecule has 1 saturated heterocycles. The lowest BCUT2D eigenvalue weighted by Gasteiger charge is -2.31. The van der Waals surface area contributed by atoms with Crippen molar-refractivity contribution in [1.29, 1.82) is 0 Å². The van der Waals surface area contributed by atoms with Gasteiger partial charge in [0.1, 0.15) is 12.7 Å². The van der Waals surface area contributed by atoms with Gasteiger partial charge in [-0.15, -0.1) is 0 Å². The lowest BCUT2D eigenvalue weighted by molar-refractivity contribution is 0.239. The molecule has 0 unspecified atom stereocenters. The van der Waals surface area contributed by atoms with Gasteiger partial charge in [0.2, 0.25) is 10.0 Å². The quantitative estimate of drug-likeness (QED) is 0.838. The van der Waals surface area contributed by atoms with Crippen LogP contribution in [0.15, 0.2) is 41.8 Å². The standard InChI is InChI=1S/C16H22N4O2S/c1-2-14-5-7-16(8-6-14)23(21,22)20-9-3-4-15(11-20)10-19-13-17-12-18-19/h5-8,12-13,15H,2-4,9-11H2,1H3/t15-/m1/s1. The molecule has 0 spiro atoms. The predicted molar refractivity (Wildman–Crippen MR) is 87.3 cm³/mol. The van der Waals surface area contributed by atoms with Crippen LogP contribution in [0.5, 0.6) is 0 Å². The largest absolute Gasteiger partial charge is 0.253 e. The van der Waals surface area contributed by atoms with Gasteiger partial charge >= 0.3 is 0 Å². The summed E-state index contributed by atoms with van der Waals surface area (Å²) in [5, 5.41) is 4.11. The summed E-state index contributed by atoms with van der Waals surface area (Å²) in [5.74, 6) is 0.273. The molecule has 7 heteroatoms. The zero-order valence-electron chi connectivity index (χ0n) is 13.3. The van der Waals surface area contributed by atoms with E-state index in [0.717, 1.165) is 24.8 Å². The second kappa shape index (κ2) is 6.80. The van der Waals surface area contributed by atoms with Gasteiger partial charge in [0.25, 0.3) is 0 Å². The number of rotatable bonds is 5. The van der Waals surface area contributed by atoms with Crippen molar-refractivity contribution in [1.82, 2.24) is 19.1 Å². The Hall–Kier alpha value is -1.73. The Morgan fingerprint density at radius 1 is 1.26 bits per heavy atom. The summed E-state index contributed by atoms with van der Waals surface area (Å²) in [6.45, 7) is 3.90. The van der Waals surface area contributed by atoms with Crippen molar-refractivity contribution in [2.45, 2.75) is 37.6 Å². The van der Waals surface area contributed by atoms with Crippen LogP contribution in [0.1, 0.15) is 25.3 Å². The number of aryl methyl sites for hydroxylation is 1. The monoisotopic (exact) mass is 334 g/mol. The van der Waals surface area contributed by atoms with Gasteiger partial charge in [0.15, 0.2) is 0 Å². The van der Waals surface area contributed by atoms with Gasteiger partial charge in [0, 0.05) is 19.6 Å². The normalized spacial score (nSPS) is 19.8. The van der Waals surface area contributed by atoms with E-state index in [1.807, 2.05) is 12.1 Å². The second-order valence-corrected chi connectivity index (χ2v) is 7.92. The third-order valence-electron chi connectivity index (χ3n) is 4.36. The molecule has 3 rings (SSSR count). The van der Waals surface area contributed by atoms with Gasteiger partial charge in [-0.3, -0.25) is 4.68 Å². The summed E-state index contributed by atoms with van der Waals surface area (Å²) in [6.07, 6.45) is 5.99. The minimum atomic E-state index is -3.41. The molecule has 1 aliphatic heterocycles. The summed E-state index contributed by atoms with van der Waals surface area (Å²) in [4.78, 5) is 4.32. The number of sulfonamides is 1. The van der Waals surface area contributed by atoms with Crippen LogP contribution in [0.2, 0.25) is 0 Å². The highest BCUT2D eigenvalue weighted by atomic mass is 32.2. The summed E-state index contributed by atoms with van der Waals surface area (Å²) in [7, 11) is -3.41. The molecule has 1 aromatic heterocycles. The van der Waals surface area contributed by atoms with Crippen LogP contribution in [0.3, 0.4) is 0 Å². The van der Waals surface area contributed by atoms with Crippen molar-refractivity contribution in [2.75, 3.05) is 13.1 Å². The fraction of sp³-hybridized carbons (Fsp3) is 0.500. The lowest BCUT2D eigenvalue weighted by atomic mass is 10.00. The highest BCUT2D eigenvalue weighted by Crippen LogP contribution is 2.24. The Bertz CT molecular complexity index is 726. The van der Waals surface area contributed by atoms with Crippen molar-refractivity contribution < 1.29 is 8.42 Å². The molecular formula is C16H22N4O2S. The van der Waals surface area contributed by atoms with Crippen molar-refractivity contribution in [2.24, 2.45) is 5.92 Å². The van der Waals surface area contributed by atoms with E-state index < -0.39 is 10.0 Å². The number of benzene rings is 1. The molecule has 2 heterocycles.